The van der Waals surface area contributed by atoms with Crippen LogP contribution in [0.4, 0.5) is 0 Å². The second kappa shape index (κ2) is 5.02. The molecule has 1 fully saturated rings. The first-order valence-electron chi connectivity index (χ1n) is 6.52. The second-order valence-electron chi connectivity index (χ2n) is 6.10. The molecule has 0 aliphatic heterocycles. The monoisotopic (exact) mass is 253 g/mol. The maximum absolute atomic E-state index is 4.33. The van der Waals surface area contributed by atoms with Crippen LogP contribution in [0, 0.1) is 5.92 Å². The van der Waals surface area contributed by atoms with E-state index in [0.717, 1.165) is 11.6 Å². The highest BCUT2D eigenvalue weighted by Crippen LogP contribution is 2.38. The van der Waals surface area contributed by atoms with Gasteiger partial charge in [0.2, 0.25) is 0 Å². The van der Waals surface area contributed by atoms with Crippen molar-refractivity contribution in [3.05, 3.63) is 10.6 Å². The summed E-state index contributed by atoms with van der Waals surface area (Å²) in [5, 5.41) is 7.76. The van der Waals surface area contributed by atoms with Gasteiger partial charge in [0.15, 0.2) is 0 Å². The van der Waals surface area contributed by atoms with Crippen molar-refractivity contribution in [2.45, 2.75) is 57.9 Å². The van der Waals surface area contributed by atoms with Crippen LogP contribution in [-0.2, 0) is 5.41 Å². The summed E-state index contributed by atoms with van der Waals surface area (Å²) in [7, 11) is 2.05. The number of rotatable bonds is 5. The molecule has 1 aliphatic carbocycles. The largest absolute Gasteiger partial charge is 0.312 e. The summed E-state index contributed by atoms with van der Waals surface area (Å²) in [6.45, 7) is 6.63. The molecular formula is C13H23N3S. The first-order valence-corrected chi connectivity index (χ1v) is 7.29. The highest BCUT2D eigenvalue weighted by atomic mass is 32.1. The Morgan fingerprint density at radius 1 is 1.41 bits per heavy atom. The van der Waals surface area contributed by atoms with Crippen LogP contribution in [0.1, 0.15) is 63.1 Å². The molecule has 0 saturated heterocycles. The van der Waals surface area contributed by atoms with Crippen molar-refractivity contribution in [2.75, 3.05) is 7.05 Å². The fraction of sp³-hybridized carbons (Fsp3) is 0.846. The number of nitrogens with zero attached hydrogens (tertiary/aromatic N) is 2. The van der Waals surface area contributed by atoms with Crippen molar-refractivity contribution < 1.29 is 0 Å². The Morgan fingerprint density at radius 3 is 2.65 bits per heavy atom. The quantitative estimate of drug-likeness (QED) is 0.875. The lowest BCUT2D eigenvalue weighted by molar-refractivity contribution is 0.489. The van der Waals surface area contributed by atoms with Crippen LogP contribution in [0.2, 0.25) is 0 Å². The molecule has 1 heterocycles. The molecule has 1 aromatic rings. The van der Waals surface area contributed by atoms with Crippen LogP contribution in [-0.4, -0.2) is 16.6 Å². The van der Waals surface area contributed by atoms with Crippen molar-refractivity contribution in [1.29, 1.82) is 0 Å². The Hall–Kier alpha value is -0.480. The first-order chi connectivity index (χ1) is 8.02. The highest BCUT2D eigenvalue weighted by Gasteiger charge is 2.28. The molecule has 0 spiro atoms. The highest BCUT2D eigenvalue weighted by molar-refractivity contribution is 7.05. The summed E-state index contributed by atoms with van der Waals surface area (Å²) in [5.74, 6) is 0.991. The normalized spacial score (nSPS) is 18.4. The minimum atomic E-state index is 0.0943. The van der Waals surface area contributed by atoms with E-state index in [1.807, 2.05) is 7.05 Å². The molecule has 2 rings (SSSR count). The van der Waals surface area contributed by atoms with E-state index in [1.165, 1.54) is 30.6 Å². The van der Waals surface area contributed by atoms with Gasteiger partial charge in [-0.05, 0) is 37.3 Å². The molecule has 96 valence electrons. The Bertz CT molecular complexity index is 363. The molecule has 1 atom stereocenters. The zero-order valence-electron chi connectivity index (χ0n) is 11.3. The van der Waals surface area contributed by atoms with Crippen LogP contribution in [0.5, 0.6) is 0 Å². The second-order valence-corrected chi connectivity index (χ2v) is 6.88. The van der Waals surface area contributed by atoms with Gasteiger partial charge in [-0.2, -0.15) is 0 Å². The molecule has 0 radical (unpaired) electrons. The van der Waals surface area contributed by atoms with Gasteiger partial charge in [0, 0.05) is 11.5 Å². The summed E-state index contributed by atoms with van der Waals surface area (Å²) in [4.78, 5) is 1.33. The molecule has 1 aromatic heterocycles. The summed E-state index contributed by atoms with van der Waals surface area (Å²) < 4.78 is 4.15. The third kappa shape index (κ3) is 3.26. The lowest BCUT2D eigenvalue weighted by Gasteiger charge is -2.21. The fourth-order valence-electron chi connectivity index (χ4n) is 2.16. The molecule has 0 bridgehead atoms. The maximum Gasteiger partial charge on any atom is 0.0857 e. The van der Waals surface area contributed by atoms with Gasteiger partial charge in [0.05, 0.1) is 10.6 Å². The molecule has 1 unspecified atom stereocenters. The van der Waals surface area contributed by atoms with Crippen molar-refractivity contribution in [3.8, 4) is 0 Å². The molecule has 1 N–H and O–H groups in total. The molecule has 1 aliphatic rings. The smallest absolute Gasteiger partial charge is 0.0857 e. The van der Waals surface area contributed by atoms with E-state index in [1.54, 1.807) is 11.5 Å². The van der Waals surface area contributed by atoms with Crippen LogP contribution in [0.3, 0.4) is 0 Å². The fourth-order valence-corrected chi connectivity index (χ4v) is 3.17. The van der Waals surface area contributed by atoms with Gasteiger partial charge in [-0.1, -0.05) is 38.1 Å². The van der Waals surface area contributed by atoms with E-state index in [9.17, 15) is 0 Å². The van der Waals surface area contributed by atoms with E-state index in [4.69, 9.17) is 0 Å². The van der Waals surface area contributed by atoms with E-state index < -0.39 is 0 Å². The van der Waals surface area contributed by atoms with Gasteiger partial charge >= 0.3 is 0 Å². The van der Waals surface area contributed by atoms with E-state index >= 15 is 0 Å². The van der Waals surface area contributed by atoms with Crippen LogP contribution < -0.4 is 5.32 Å². The zero-order chi connectivity index (χ0) is 12.5. The summed E-state index contributed by atoms with van der Waals surface area (Å²) in [5.41, 5.74) is 1.26. The zero-order valence-corrected chi connectivity index (χ0v) is 12.1. The summed E-state index contributed by atoms with van der Waals surface area (Å²) in [6.07, 6.45) is 5.42. The Labute approximate surface area is 108 Å². The number of aromatic nitrogens is 2. The molecule has 0 aromatic carbocycles. The van der Waals surface area contributed by atoms with E-state index in [-0.39, 0.29) is 5.41 Å². The summed E-state index contributed by atoms with van der Waals surface area (Å²) in [6, 6.07) is 0.435. The van der Waals surface area contributed by atoms with Crippen LogP contribution in [0.15, 0.2) is 0 Å². The summed E-state index contributed by atoms with van der Waals surface area (Å²) >= 11 is 1.56. The average Bonchev–Trinajstić information content (AvgIpc) is 2.93. The Kier molecular flexibility index (Phi) is 3.83. The number of nitrogens with one attached hydrogen (secondary N) is 1. The number of hydrogen-bond donors (Lipinski definition) is 1. The third-order valence-corrected chi connectivity index (χ3v) is 4.29. The Morgan fingerprint density at radius 2 is 2.12 bits per heavy atom. The van der Waals surface area contributed by atoms with Crippen molar-refractivity contribution in [3.63, 3.8) is 0 Å². The Balaban J connectivity index is 2.09. The predicted molar refractivity (Wildman–Crippen MR) is 72.4 cm³/mol. The molecule has 0 amide bonds. The maximum atomic E-state index is 4.33. The van der Waals surface area contributed by atoms with E-state index in [2.05, 4.69) is 35.7 Å². The van der Waals surface area contributed by atoms with Crippen molar-refractivity contribution in [2.24, 2.45) is 5.92 Å². The topological polar surface area (TPSA) is 37.8 Å². The van der Waals surface area contributed by atoms with Gasteiger partial charge in [0.1, 0.15) is 0 Å². The van der Waals surface area contributed by atoms with Crippen LogP contribution >= 0.6 is 11.5 Å². The molecule has 4 heteroatoms. The standard InChI is InChI=1S/C13H23N3S/c1-13(2,3)12-11(17-16-15-12)10(14-4)8-7-9-5-6-9/h9-10,14H,5-8H2,1-4H3. The van der Waals surface area contributed by atoms with Gasteiger partial charge in [-0.25, -0.2) is 0 Å². The lowest BCUT2D eigenvalue weighted by Crippen LogP contribution is -2.21. The minimum absolute atomic E-state index is 0.0943. The van der Waals surface area contributed by atoms with Gasteiger partial charge in [-0.3, -0.25) is 0 Å². The first kappa shape index (κ1) is 13.0. The third-order valence-electron chi connectivity index (χ3n) is 3.45. The SMILES string of the molecule is CNC(CCC1CC1)c1snnc1C(C)(C)C. The average molecular weight is 253 g/mol. The van der Waals surface area contributed by atoms with Gasteiger partial charge in [-0.15, -0.1) is 5.10 Å². The molecular weight excluding hydrogens is 230 g/mol. The number of hydrogen-bond acceptors (Lipinski definition) is 4. The minimum Gasteiger partial charge on any atom is -0.312 e. The van der Waals surface area contributed by atoms with Crippen molar-refractivity contribution >= 4 is 11.5 Å². The van der Waals surface area contributed by atoms with Crippen LogP contribution in [0.25, 0.3) is 0 Å². The van der Waals surface area contributed by atoms with E-state index in [0.29, 0.717) is 6.04 Å². The lowest BCUT2D eigenvalue weighted by atomic mass is 9.89. The molecule has 1 saturated carbocycles. The molecule has 3 nitrogen and oxygen atoms in total. The molecule has 17 heavy (non-hydrogen) atoms. The van der Waals surface area contributed by atoms with Gasteiger partial charge < -0.3 is 5.32 Å². The van der Waals surface area contributed by atoms with Gasteiger partial charge in [0.25, 0.3) is 0 Å². The predicted octanol–water partition coefficient (Wildman–Crippen LogP) is 3.29. The van der Waals surface area contributed by atoms with Crippen molar-refractivity contribution in [1.82, 2.24) is 14.9 Å².